The zero-order chi connectivity index (χ0) is 14.5. The smallest absolute Gasteiger partial charge is 0.271 e. The Bertz CT molecular complexity index is 628. The van der Waals surface area contributed by atoms with Crippen LogP contribution in [-0.4, -0.2) is 30.8 Å². The van der Waals surface area contributed by atoms with Gasteiger partial charge in [0.1, 0.15) is 0 Å². The van der Waals surface area contributed by atoms with E-state index in [1.807, 2.05) is 67.1 Å². The Labute approximate surface area is 118 Å². The lowest BCUT2D eigenvalue weighted by Gasteiger charge is -2.12. The summed E-state index contributed by atoms with van der Waals surface area (Å²) in [5.74, 6) is -0.223. The maximum atomic E-state index is 12.0. The van der Waals surface area contributed by atoms with Gasteiger partial charge in [0.2, 0.25) is 0 Å². The molecular formula is C15H18N4O. The fourth-order valence-electron chi connectivity index (χ4n) is 1.76. The quantitative estimate of drug-likeness (QED) is 0.681. The summed E-state index contributed by atoms with van der Waals surface area (Å²) < 4.78 is 1.92. The Hall–Kier alpha value is -2.56. The van der Waals surface area contributed by atoms with Crippen LogP contribution in [0.1, 0.15) is 16.1 Å². The highest BCUT2D eigenvalue weighted by Crippen LogP contribution is 2.13. The van der Waals surface area contributed by atoms with Gasteiger partial charge in [-0.05, 0) is 30.3 Å². The molecule has 0 bridgehead atoms. The van der Waals surface area contributed by atoms with E-state index in [0.29, 0.717) is 5.56 Å². The number of aromatic nitrogens is 1. The molecule has 2 rings (SSSR count). The number of carbonyl (C=O) groups excluding carboxylic acids is 1. The van der Waals surface area contributed by atoms with Crippen molar-refractivity contribution in [3.8, 4) is 0 Å². The van der Waals surface area contributed by atoms with E-state index in [1.165, 1.54) is 0 Å². The number of amides is 1. The molecule has 0 aliphatic carbocycles. The van der Waals surface area contributed by atoms with Crippen molar-refractivity contribution in [1.82, 2.24) is 9.99 Å². The standard InChI is InChI=1S/C15H18N4O/c1-18(2)13-7-4-6-12(10-13)15(20)17-16-11-14-8-5-9-19(14)3/h4-11H,1-3H3,(H,17,20)/b16-11+. The van der Waals surface area contributed by atoms with Gasteiger partial charge in [0.25, 0.3) is 5.91 Å². The van der Waals surface area contributed by atoms with E-state index in [9.17, 15) is 4.79 Å². The molecule has 1 aromatic heterocycles. The summed E-state index contributed by atoms with van der Waals surface area (Å²) in [5.41, 5.74) is 5.01. The van der Waals surface area contributed by atoms with Gasteiger partial charge in [-0.3, -0.25) is 4.79 Å². The zero-order valence-corrected chi connectivity index (χ0v) is 11.9. The second kappa shape index (κ2) is 6.06. The molecule has 5 heteroatoms. The predicted molar refractivity (Wildman–Crippen MR) is 81.2 cm³/mol. The molecule has 104 valence electrons. The topological polar surface area (TPSA) is 49.6 Å². The Morgan fingerprint density at radius 1 is 1.30 bits per heavy atom. The normalized spacial score (nSPS) is 10.8. The number of nitrogens with zero attached hydrogens (tertiary/aromatic N) is 3. The van der Waals surface area contributed by atoms with E-state index in [-0.39, 0.29) is 5.91 Å². The Balaban J connectivity index is 2.03. The fourth-order valence-corrected chi connectivity index (χ4v) is 1.76. The van der Waals surface area contributed by atoms with Gasteiger partial charge in [-0.15, -0.1) is 0 Å². The van der Waals surface area contributed by atoms with Crippen molar-refractivity contribution in [2.75, 3.05) is 19.0 Å². The van der Waals surface area contributed by atoms with Gasteiger partial charge in [0.05, 0.1) is 11.9 Å². The minimum Gasteiger partial charge on any atom is -0.378 e. The van der Waals surface area contributed by atoms with Gasteiger partial charge in [-0.1, -0.05) is 6.07 Å². The summed E-state index contributed by atoms with van der Waals surface area (Å²) >= 11 is 0. The van der Waals surface area contributed by atoms with Crippen molar-refractivity contribution < 1.29 is 4.79 Å². The number of hydrogen-bond acceptors (Lipinski definition) is 3. The highest BCUT2D eigenvalue weighted by Gasteiger charge is 2.05. The van der Waals surface area contributed by atoms with Crippen LogP contribution in [0.15, 0.2) is 47.7 Å². The molecule has 0 radical (unpaired) electrons. The summed E-state index contributed by atoms with van der Waals surface area (Å²) in [4.78, 5) is 13.9. The largest absolute Gasteiger partial charge is 0.378 e. The molecule has 0 fully saturated rings. The van der Waals surface area contributed by atoms with Gasteiger partial charge < -0.3 is 9.47 Å². The van der Waals surface area contributed by atoms with E-state index in [0.717, 1.165) is 11.4 Å². The molecule has 20 heavy (non-hydrogen) atoms. The van der Waals surface area contributed by atoms with Gasteiger partial charge >= 0.3 is 0 Å². The molecule has 0 saturated heterocycles. The minimum atomic E-state index is -0.223. The van der Waals surface area contributed by atoms with Gasteiger partial charge in [-0.25, -0.2) is 5.43 Å². The molecule has 2 aromatic rings. The number of hydrogen-bond donors (Lipinski definition) is 1. The lowest BCUT2D eigenvalue weighted by molar-refractivity contribution is 0.0955. The number of nitrogens with one attached hydrogen (secondary N) is 1. The third kappa shape index (κ3) is 3.26. The van der Waals surface area contributed by atoms with Crippen molar-refractivity contribution >= 4 is 17.8 Å². The molecule has 0 atom stereocenters. The zero-order valence-electron chi connectivity index (χ0n) is 11.9. The van der Waals surface area contributed by atoms with Gasteiger partial charge in [0, 0.05) is 38.6 Å². The van der Waals surface area contributed by atoms with Crippen molar-refractivity contribution in [2.45, 2.75) is 0 Å². The second-order valence-corrected chi connectivity index (χ2v) is 4.69. The van der Waals surface area contributed by atoms with Crippen LogP contribution >= 0.6 is 0 Å². The molecule has 0 aliphatic heterocycles. The summed E-state index contributed by atoms with van der Waals surface area (Å²) in [5, 5.41) is 3.97. The average Bonchev–Trinajstić information content (AvgIpc) is 2.84. The molecule has 0 spiro atoms. The van der Waals surface area contributed by atoms with Crippen LogP contribution in [0.4, 0.5) is 5.69 Å². The molecule has 0 saturated carbocycles. The van der Waals surface area contributed by atoms with Crippen LogP contribution in [0.5, 0.6) is 0 Å². The monoisotopic (exact) mass is 270 g/mol. The summed E-state index contributed by atoms with van der Waals surface area (Å²) in [6, 6.07) is 11.2. The lowest BCUT2D eigenvalue weighted by atomic mass is 10.2. The Morgan fingerprint density at radius 2 is 2.10 bits per heavy atom. The Kier molecular flexibility index (Phi) is 4.20. The third-order valence-corrected chi connectivity index (χ3v) is 2.97. The van der Waals surface area contributed by atoms with E-state index in [1.54, 1.807) is 12.3 Å². The SMILES string of the molecule is CN(C)c1cccc(C(=O)N/N=C/c2cccn2C)c1. The van der Waals surface area contributed by atoms with E-state index in [2.05, 4.69) is 10.5 Å². The van der Waals surface area contributed by atoms with Crippen LogP contribution in [0, 0.1) is 0 Å². The fraction of sp³-hybridized carbons (Fsp3) is 0.200. The number of hydrazone groups is 1. The van der Waals surface area contributed by atoms with Crippen molar-refractivity contribution in [3.63, 3.8) is 0 Å². The number of carbonyl (C=O) groups is 1. The van der Waals surface area contributed by atoms with E-state index < -0.39 is 0 Å². The first-order valence-corrected chi connectivity index (χ1v) is 6.30. The maximum Gasteiger partial charge on any atom is 0.271 e. The first-order valence-electron chi connectivity index (χ1n) is 6.30. The third-order valence-electron chi connectivity index (χ3n) is 2.97. The highest BCUT2D eigenvalue weighted by molar-refractivity contribution is 5.95. The second-order valence-electron chi connectivity index (χ2n) is 4.69. The molecular weight excluding hydrogens is 252 g/mol. The maximum absolute atomic E-state index is 12.0. The lowest BCUT2D eigenvalue weighted by Crippen LogP contribution is -2.18. The van der Waals surface area contributed by atoms with Crippen molar-refractivity contribution in [3.05, 3.63) is 53.9 Å². The van der Waals surface area contributed by atoms with Crippen molar-refractivity contribution in [2.24, 2.45) is 12.1 Å². The average molecular weight is 270 g/mol. The summed E-state index contributed by atoms with van der Waals surface area (Å²) in [6.45, 7) is 0. The number of rotatable bonds is 4. The number of aryl methyl sites for hydroxylation is 1. The molecule has 1 N–H and O–H groups in total. The molecule has 0 aliphatic rings. The van der Waals surface area contributed by atoms with Crippen LogP contribution in [0.25, 0.3) is 0 Å². The van der Waals surface area contributed by atoms with Crippen LogP contribution < -0.4 is 10.3 Å². The van der Waals surface area contributed by atoms with Crippen LogP contribution in [0.3, 0.4) is 0 Å². The highest BCUT2D eigenvalue weighted by atomic mass is 16.2. The number of anilines is 1. The summed E-state index contributed by atoms with van der Waals surface area (Å²) in [7, 11) is 5.79. The molecule has 1 heterocycles. The Morgan fingerprint density at radius 3 is 2.75 bits per heavy atom. The van der Waals surface area contributed by atoms with Gasteiger partial charge in [0.15, 0.2) is 0 Å². The van der Waals surface area contributed by atoms with E-state index in [4.69, 9.17) is 0 Å². The summed E-state index contributed by atoms with van der Waals surface area (Å²) in [6.07, 6.45) is 3.54. The van der Waals surface area contributed by atoms with E-state index >= 15 is 0 Å². The first-order chi connectivity index (χ1) is 9.58. The molecule has 1 amide bonds. The first kappa shape index (κ1) is 13.9. The van der Waals surface area contributed by atoms with Crippen LogP contribution in [0.2, 0.25) is 0 Å². The molecule has 1 aromatic carbocycles. The minimum absolute atomic E-state index is 0.223. The molecule has 0 unspecified atom stereocenters. The predicted octanol–water partition coefficient (Wildman–Crippen LogP) is 1.85. The van der Waals surface area contributed by atoms with Crippen molar-refractivity contribution in [1.29, 1.82) is 0 Å². The number of benzene rings is 1. The van der Waals surface area contributed by atoms with Gasteiger partial charge in [-0.2, -0.15) is 5.10 Å². The molecule has 5 nitrogen and oxygen atoms in total. The van der Waals surface area contributed by atoms with Crippen LogP contribution in [-0.2, 0) is 7.05 Å².